The molecule has 298 valence electrons. The molecular formula is C59H36N4S. The molecule has 0 amide bonds. The van der Waals surface area contributed by atoms with Crippen molar-refractivity contribution in [1.29, 1.82) is 0 Å². The van der Waals surface area contributed by atoms with Crippen LogP contribution in [0.3, 0.4) is 0 Å². The lowest BCUT2D eigenvalue weighted by Crippen LogP contribution is -2.32. The summed E-state index contributed by atoms with van der Waals surface area (Å²) in [6.07, 6.45) is 3.80. The maximum absolute atomic E-state index is 5.01. The molecule has 64 heavy (non-hydrogen) atoms. The van der Waals surface area contributed by atoms with Gasteiger partial charge in [0.15, 0.2) is 0 Å². The number of nitrogens with zero attached hydrogens (tertiary/aromatic N) is 4. The van der Waals surface area contributed by atoms with Crippen molar-refractivity contribution < 1.29 is 0 Å². The molecule has 8 aromatic carbocycles. The molecule has 5 heterocycles. The highest BCUT2D eigenvalue weighted by Gasteiger charge is 2.51. The molecule has 12 aromatic rings. The van der Waals surface area contributed by atoms with Gasteiger partial charge < -0.3 is 9.13 Å². The average Bonchev–Trinajstić information content (AvgIpc) is 3.98. The third-order valence-corrected chi connectivity index (χ3v) is 14.8. The van der Waals surface area contributed by atoms with Crippen LogP contribution in [0.4, 0.5) is 0 Å². The summed E-state index contributed by atoms with van der Waals surface area (Å²) in [5.41, 5.74) is 18.1. The van der Waals surface area contributed by atoms with Crippen LogP contribution in [0.5, 0.6) is 0 Å². The van der Waals surface area contributed by atoms with Gasteiger partial charge in [0.1, 0.15) is 0 Å². The third-order valence-electron chi connectivity index (χ3n) is 13.7. The quantitative estimate of drug-likeness (QED) is 0.177. The zero-order valence-electron chi connectivity index (χ0n) is 34.5. The summed E-state index contributed by atoms with van der Waals surface area (Å²) in [5.74, 6) is 0. The molecule has 0 bridgehead atoms. The molecule has 1 aliphatic heterocycles. The lowest BCUT2D eigenvalue weighted by Gasteiger charge is -2.39. The van der Waals surface area contributed by atoms with E-state index in [-0.39, 0.29) is 0 Å². The second kappa shape index (κ2) is 13.5. The summed E-state index contributed by atoms with van der Waals surface area (Å²) >= 11 is 1.88. The molecule has 4 aromatic heterocycles. The van der Waals surface area contributed by atoms with Gasteiger partial charge in [0.25, 0.3) is 0 Å². The highest BCUT2D eigenvalue weighted by molar-refractivity contribution is 7.99. The molecular weight excluding hydrogens is 797 g/mol. The minimum absolute atomic E-state index is 0.583. The molecule has 14 rings (SSSR count). The van der Waals surface area contributed by atoms with E-state index >= 15 is 0 Å². The summed E-state index contributed by atoms with van der Waals surface area (Å²) in [5, 5.41) is 4.98. The van der Waals surface area contributed by atoms with Crippen molar-refractivity contribution in [2.75, 3.05) is 0 Å². The Balaban J connectivity index is 0.960. The van der Waals surface area contributed by atoms with Crippen molar-refractivity contribution in [3.8, 4) is 45.0 Å². The predicted octanol–water partition coefficient (Wildman–Crippen LogP) is 14.8. The first-order valence-corrected chi connectivity index (χ1v) is 22.6. The molecule has 2 aliphatic rings. The molecule has 1 spiro atoms. The second-order valence-electron chi connectivity index (χ2n) is 16.9. The number of rotatable bonds is 4. The van der Waals surface area contributed by atoms with E-state index in [0.717, 1.165) is 22.8 Å². The van der Waals surface area contributed by atoms with Gasteiger partial charge in [-0.25, -0.2) is 0 Å². The van der Waals surface area contributed by atoms with Gasteiger partial charge in [0, 0.05) is 55.1 Å². The first kappa shape index (κ1) is 35.6. The zero-order chi connectivity index (χ0) is 41.9. The van der Waals surface area contributed by atoms with Crippen LogP contribution in [0.1, 0.15) is 22.3 Å². The fraction of sp³-hybridized carbons (Fsp3) is 0.0169. The Bertz CT molecular complexity index is 3630. The third kappa shape index (κ3) is 4.90. The highest BCUT2D eigenvalue weighted by Crippen LogP contribution is 2.62. The van der Waals surface area contributed by atoms with E-state index in [1.54, 1.807) is 0 Å². The van der Waals surface area contributed by atoms with E-state index in [1.165, 1.54) is 97.9 Å². The summed E-state index contributed by atoms with van der Waals surface area (Å²) in [6.45, 7) is 0. The normalized spacial score (nSPS) is 13.4. The van der Waals surface area contributed by atoms with Crippen molar-refractivity contribution in [1.82, 2.24) is 19.1 Å². The standard InChI is InChI=1S/C59H36N4S/c1-3-13-41(14-4-1)62-51-21-9-7-17-43(51)45-33-37(25-29-53(45)62)39-23-27-47-55(35-39)64-56-36-40(24-28-48(56)59(47)49-19-11-31-60-57(49)58-50(59)20-12-32-61-58)38-26-30-54-46(34-38)44-18-8-10-22-52(44)63(54)42-15-5-2-6-16-42/h1-36H. The van der Waals surface area contributed by atoms with Crippen LogP contribution in [0.25, 0.3) is 88.6 Å². The molecule has 1 aliphatic carbocycles. The number of hydrogen-bond acceptors (Lipinski definition) is 3. The fourth-order valence-corrected chi connectivity index (χ4v) is 12.3. The van der Waals surface area contributed by atoms with Gasteiger partial charge in [-0.05, 0) is 129 Å². The maximum Gasteiger partial charge on any atom is 0.0937 e. The molecule has 0 fully saturated rings. The Morgan fingerprint density at radius 1 is 0.328 bits per heavy atom. The number of benzene rings is 8. The Kier molecular flexibility index (Phi) is 7.51. The van der Waals surface area contributed by atoms with Gasteiger partial charge in [-0.3, -0.25) is 9.97 Å². The molecule has 0 unspecified atom stereocenters. The van der Waals surface area contributed by atoms with Crippen LogP contribution in [-0.4, -0.2) is 19.1 Å². The van der Waals surface area contributed by atoms with E-state index in [0.29, 0.717) is 0 Å². The minimum Gasteiger partial charge on any atom is -0.309 e. The van der Waals surface area contributed by atoms with Crippen molar-refractivity contribution in [3.63, 3.8) is 0 Å². The van der Waals surface area contributed by atoms with Gasteiger partial charge in [-0.1, -0.05) is 133 Å². The Morgan fingerprint density at radius 3 is 1.22 bits per heavy atom. The smallest absolute Gasteiger partial charge is 0.0937 e. The van der Waals surface area contributed by atoms with Crippen LogP contribution in [0.15, 0.2) is 228 Å². The lowest BCUT2D eigenvalue weighted by atomic mass is 9.67. The first-order chi connectivity index (χ1) is 31.7. The van der Waals surface area contributed by atoms with Gasteiger partial charge in [-0.2, -0.15) is 0 Å². The zero-order valence-corrected chi connectivity index (χ0v) is 35.3. The van der Waals surface area contributed by atoms with Gasteiger partial charge in [-0.15, -0.1) is 0 Å². The van der Waals surface area contributed by atoms with Crippen LogP contribution in [0, 0.1) is 0 Å². The second-order valence-corrected chi connectivity index (χ2v) is 18.0. The summed E-state index contributed by atoms with van der Waals surface area (Å²) in [4.78, 5) is 12.5. The monoisotopic (exact) mass is 832 g/mol. The number of fused-ring (bicyclic) bond motifs is 15. The molecule has 4 nitrogen and oxygen atoms in total. The Morgan fingerprint density at radius 2 is 0.734 bits per heavy atom. The van der Waals surface area contributed by atoms with Gasteiger partial charge >= 0.3 is 0 Å². The molecule has 0 atom stereocenters. The minimum atomic E-state index is -0.583. The molecule has 0 N–H and O–H groups in total. The molecule has 0 saturated carbocycles. The van der Waals surface area contributed by atoms with E-state index in [2.05, 4.69) is 215 Å². The Labute approximate surface area is 373 Å². The highest BCUT2D eigenvalue weighted by atomic mass is 32.2. The fourth-order valence-electron chi connectivity index (χ4n) is 11.0. The average molecular weight is 833 g/mol. The van der Waals surface area contributed by atoms with Crippen molar-refractivity contribution >= 4 is 55.4 Å². The van der Waals surface area contributed by atoms with E-state index in [4.69, 9.17) is 9.97 Å². The summed E-state index contributed by atoms with van der Waals surface area (Å²) < 4.78 is 4.76. The summed E-state index contributed by atoms with van der Waals surface area (Å²) in [7, 11) is 0. The topological polar surface area (TPSA) is 35.6 Å². The largest absolute Gasteiger partial charge is 0.309 e. The Hall–Kier alpha value is -7.99. The first-order valence-electron chi connectivity index (χ1n) is 21.8. The lowest BCUT2D eigenvalue weighted by molar-refractivity contribution is 0.720. The number of aromatic nitrogens is 4. The molecule has 0 saturated heterocycles. The van der Waals surface area contributed by atoms with Crippen LogP contribution >= 0.6 is 11.8 Å². The SMILES string of the molecule is c1ccc(-n2c3ccccc3c3cc(-c4ccc5c(c4)Sc4cc(-c6ccc7c(c6)c6ccccc6n7-c6ccccc6)ccc4C54c5cccnc5-c5ncccc54)ccc32)cc1. The van der Waals surface area contributed by atoms with Crippen LogP contribution in [0.2, 0.25) is 0 Å². The molecule has 0 radical (unpaired) electrons. The van der Waals surface area contributed by atoms with E-state index in [9.17, 15) is 0 Å². The van der Waals surface area contributed by atoms with Crippen molar-refractivity contribution in [2.45, 2.75) is 15.2 Å². The maximum atomic E-state index is 5.01. The number of pyridine rings is 2. The van der Waals surface area contributed by atoms with Crippen LogP contribution < -0.4 is 0 Å². The van der Waals surface area contributed by atoms with Crippen molar-refractivity contribution in [3.05, 3.63) is 241 Å². The van der Waals surface area contributed by atoms with Crippen LogP contribution in [-0.2, 0) is 5.41 Å². The van der Waals surface area contributed by atoms with Crippen molar-refractivity contribution in [2.24, 2.45) is 0 Å². The number of para-hydroxylation sites is 4. The van der Waals surface area contributed by atoms with E-state index in [1.807, 2.05) is 24.2 Å². The van der Waals surface area contributed by atoms with Gasteiger partial charge in [0.2, 0.25) is 0 Å². The van der Waals surface area contributed by atoms with Gasteiger partial charge in [0.05, 0.1) is 38.9 Å². The summed E-state index contributed by atoms with van der Waals surface area (Å²) in [6, 6.07) is 75.7. The predicted molar refractivity (Wildman–Crippen MR) is 263 cm³/mol. The molecule has 5 heteroatoms. The van der Waals surface area contributed by atoms with E-state index < -0.39 is 5.41 Å². The number of hydrogen-bond donors (Lipinski definition) is 0.